The first-order valence-electron chi connectivity index (χ1n) is 5.30. The number of aromatic nitrogens is 2. The summed E-state index contributed by atoms with van der Waals surface area (Å²) in [4.78, 5) is 15.0. The summed E-state index contributed by atoms with van der Waals surface area (Å²) >= 11 is 8.92. The van der Waals surface area contributed by atoms with E-state index in [0.29, 0.717) is 15.3 Å². The highest BCUT2D eigenvalue weighted by molar-refractivity contribution is 9.10. The van der Waals surface area contributed by atoms with Crippen LogP contribution in [0.5, 0.6) is 0 Å². The van der Waals surface area contributed by atoms with E-state index in [1.165, 1.54) is 4.57 Å². The zero-order valence-electron chi connectivity index (χ0n) is 9.84. The molecule has 0 amide bonds. The Kier molecular flexibility index (Phi) is 3.93. The second kappa shape index (κ2) is 5.32. The van der Waals surface area contributed by atoms with Crippen LogP contribution in [0.4, 0.5) is 0 Å². The van der Waals surface area contributed by atoms with Crippen molar-refractivity contribution in [3.63, 3.8) is 0 Å². The van der Waals surface area contributed by atoms with Crippen LogP contribution >= 0.6 is 27.5 Å². The minimum atomic E-state index is -1.19. The molecule has 1 atom stereocenters. The number of nitrogens with zero attached hydrogens (tertiary/aromatic N) is 2. The lowest BCUT2D eigenvalue weighted by atomic mass is 10.1. The number of imidazole rings is 1. The molecule has 0 saturated carbocycles. The molecule has 0 aliphatic carbocycles. The van der Waals surface area contributed by atoms with E-state index in [9.17, 15) is 9.90 Å². The van der Waals surface area contributed by atoms with E-state index in [2.05, 4.69) is 20.9 Å². The molecule has 1 aromatic heterocycles. The van der Waals surface area contributed by atoms with E-state index < -0.39 is 12.1 Å². The van der Waals surface area contributed by atoms with Gasteiger partial charge >= 0.3 is 5.97 Å². The van der Waals surface area contributed by atoms with Crippen LogP contribution in [0.25, 0.3) is 0 Å². The van der Waals surface area contributed by atoms with Crippen molar-refractivity contribution in [2.75, 3.05) is 0 Å². The monoisotopic (exact) mass is 344 g/mol. The molecule has 0 aliphatic heterocycles. The summed E-state index contributed by atoms with van der Waals surface area (Å²) in [6.07, 6.45) is -1.09. The molecule has 0 fully saturated rings. The summed E-state index contributed by atoms with van der Waals surface area (Å²) in [6, 6.07) is 6.54. The zero-order chi connectivity index (χ0) is 14.2. The number of aliphatic hydroxyl groups excluding tert-OH is 1. The Morgan fingerprint density at radius 2 is 2.00 bits per heavy atom. The van der Waals surface area contributed by atoms with Crippen LogP contribution < -0.4 is 0 Å². The van der Waals surface area contributed by atoms with E-state index in [1.54, 1.807) is 31.3 Å². The van der Waals surface area contributed by atoms with Crippen LogP contribution in [-0.4, -0.2) is 25.7 Å². The molecule has 0 spiro atoms. The van der Waals surface area contributed by atoms with Crippen LogP contribution in [0, 0.1) is 0 Å². The van der Waals surface area contributed by atoms with Crippen LogP contribution in [0.1, 0.15) is 27.8 Å². The Morgan fingerprint density at radius 3 is 2.53 bits per heavy atom. The average molecular weight is 346 g/mol. The van der Waals surface area contributed by atoms with E-state index in [0.717, 1.165) is 0 Å². The first-order chi connectivity index (χ1) is 8.91. The van der Waals surface area contributed by atoms with Gasteiger partial charge in [-0.25, -0.2) is 9.78 Å². The fraction of sp³-hybridized carbons (Fsp3) is 0.167. The minimum Gasteiger partial charge on any atom is -0.476 e. The molecular formula is C12H10BrClN2O3. The molecule has 0 saturated heterocycles. The molecular weight excluding hydrogens is 336 g/mol. The predicted octanol–water partition coefficient (Wildman–Crippen LogP) is 2.62. The van der Waals surface area contributed by atoms with Gasteiger partial charge < -0.3 is 14.8 Å². The fourth-order valence-electron chi connectivity index (χ4n) is 1.76. The molecule has 2 rings (SSSR count). The van der Waals surface area contributed by atoms with Crippen molar-refractivity contribution >= 4 is 33.5 Å². The highest BCUT2D eigenvalue weighted by atomic mass is 79.9. The smallest absolute Gasteiger partial charge is 0.356 e. The molecule has 0 aliphatic rings. The van der Waals surface area contributed by atoms with E-state index in [-0.39, 0.29) is 11.4 Å². The van der Waals surface area contributed by atoms with Crippen molar-refractivity contribution in [2.45, 2.75) is 6.10 Å². The first-order valence-corrected chi connectivity index (χ1v) is 6.48. The van der Waals surface area contributed by atoms with Crippen LogP contribution in [0.3, 0.4) is 0 Å². The lowest BCUT2D eigenvalue weighted by molar-refractivity contribution is 0.0684. The normalized spacial score (nSPS) is 12.4. The standard InChI is InChI=1S/C12H10BrClN2O3/c1-16-9(8(11(18)19)15-12(16)13)10(17)6-2-4-7(14)5-3-6/h2-5,10,17H,1H3,(H,18,19). The number of benzene rings is 1. The summed E-state index contributed by atoms with van der Waals surface area (Å²) in [6.45, 7) is 0. The van der Waals surface area contributed by atoms with E-state index >= 15 is 0 Å². The van der Waals surface area contributed by atoms with Crippen molar-refractivity contribution in [3.05, 3.63) is 51.0 Å². The van der Waals surface area contributed by atoms with Gasteiger partial charge in [0, 0.05) is 12.1 Å². The fourth-order valence-corrected chi connectivity index (χ4v) is 2.25. The average Bonchev–Trinajstić information content (AvgIpc) is 2.66. The van der Waals surface area contributed by atoms with Crippen molar-refractivity contribution in [2.24, 2.45) is 7.05 Å². The number of carboxylic acid groups (broad SMARTS) is 1. The Morgan fingerprint density at radius 1 is 1.42 bits per heavy atom. The predicted molar refractivity (Wildman–Crippen MR) is 73.4 cm³/mol. The molecule has 2 N–H and O–H groups in total. The Bertz CT molecular complexity index is 625. The maximum Gasteiger partial charge on any atom is 0.356 e. The topological polar surface area (TPSA) is 75.4 Å². The van der Waals surface area contributed by atoms with E-state index in [4.69, 9.17) is 16.7 Å². The van der Waals surface area contributed by atoms with Crippen LogP contribution in [-0.2, 0) is 7.05 Å². The molecule has 19 heavy (non-hydrogen) atoms. The number of rotatable bonds is 3. The van der Waals surface area contributed by atoms with Crippen molar-refractivity contribution in [1.29, 1.82) is 0 Å². The Hall–Kier alpha value is -1.37. The van der Waals surface area contributed by atoms with Gasteiger partial charge in [0.05, 0.1) is 5.69 Å². The minimum absolute atomic E-state index is 0.183. The van der Waals surface area contributed by atoms with Crippen LogP contribution in [0.2, 0.25) is 5.02 Å². The molecule has 1 heterocycles. The lowest BCUT2D eigenvalue weighted by Gasteiger charge is -2.13. The Balaban J connectivity index is 2.51. The second-order valence-electron chi connectivity index (χ2n) is 3.93. The van der Waals surface area contributed by atoms with Gasteiger partial charge in [0.25, 0.3) is 0 Å². The first kappa shape index (κ1) is 14.0. The highest BCUT2D eigenvalue weighted by Gasteiger charge is 2.25. The Labute approximate surface area is 122 Å². The number of hydrogen-bond donors (Lipinski definition) is 2. The van der Waals surface area contributed by atoms with Crippen LogP contribution in [0.15, 0.2) is 29.0 Å². The third-order valence-corrected chi connectivity index (χ3v) is 3.69. The molecule has 5 nitrogen and oxygen atoms in total. The van der Waals surface area contributed by atoms with Gasteiger partial charge in [-0.05, 0) is 33.6 Å². The van der Waals surface area contributed by atoms with E-state index in [1.807, 2.05) is 0 Å². The summed E-state index contributed by atoms with van der Waals surface area (Å²) in [5, 5.41) is 20.0. The highest BCUT2D eigenvalue weighted by Crippen LogP contribution is 2.28. The number of aromatic carboxylic acids is 1. The maximum atomic E-state index is 11.1. The van der Waals surface area contributed by atoms with Crippen molar-refractivity contribution in [1.82, 2.24) is 9.55 Å². The van der Waals surface area contributed by atoms with Gasteiger partial charge in [-0.1, -0.05) is 23.7 Å². The number of carbonyl (C=O) groups is 1. The number of hydrogen-bond acceptors (Lipinski definition) is 3. The molecule has 100 valence electrons. The summed E-state index contributed by atoms with van der Waals surface area (Å²) in [7, 11) is 1.62. The lowest BCUT2D eigenvalue weighted by Crippen LogP contribution is -2.11. The third kappa shape index (κ3) is 2.65. The van der Waals surface area contributed by atoms with Crippen molar-refractivity contribution in [3.8, 4) is 0 Å². The summed E-state index contributed by atoms with van der Waals surface area (Å²) < 4.78 is 1.83. The SMILES string of the molecule is Cn1c(Br)nc(C(=O)O)c1C(O)c1ccc(Cl)cc1. The number of carboxylic acids is 1. The number of aliphatic hydroxyl groups is 1. The largest absolute Gasteiger partial charge is 0.476 e. The number of halogens is 2. The van der Waals surface area contributed by atoms with Gasteiger partial charge in [-0.2, -0.15) is 0 Å². The van der Waals surface area contributed by atoms with Gasteiger partial charge in [-0.15, -0.1) is 0 Å². The second-order valence-corrected chi connectivity index (χ2v) is 5.08. The quantitative estimate of drug-likeness (QED) is 0.896. The maximum absolute atomic E-state index is 11.1. The molecule has 1 aromatic carbocycles. The molecule has 1 unspecified atom stereocenters. The van der Waals surface area contributed by atoms with Gasteiger partial charge in [0.15, 0.2) is 10.4 Å². The van der Waals surface area contributed by atoms with Gasteiger partial charge in [-0.3, -0.25) is 0 Å². The summed E-state index contributed by atoms with van der Waals surface area (Å²) in [5.74, 6) is -1.19. The molecule has 0 bridgehead atoms. The van der Waals surface area contributed by atoms with Crippen molar-refractivity contribution < 1.29 is 15.0 Å². The molecule has 2 aromatic rings. The van der Waals surface area contributed by atoms with Gasteiger partial charge in [0.1, 0.15) is 6.10 Å². The zero-order valence-corrected chi connectivity index (χ0v) is 12.2. The molecule has 7 heteroatoms. The van der Waals surface area contributed by atoms with Gasteiger partial charge in [0.2, 0.25) is 0 Å². The summed E-state index contributed by atoms with van der Waals surface area (Å²) in [5.41, 5.74) is 0.570. The third-order valence-electron chi connectivity index (χ3n) is 2.73. The molecule has 0 radical (unpaired) electrons.